The van der Waals surface area contributed by atoms with Crippen LogP contribution in [0.3, 0.4) is 0 Å². The zero-order chi connectivity index (χ0) is 11.5. The van der Waals surface area contributed by atoms with Gasteiger partial charge in [-0.2, -0.15) is 5.26 Å². The minimum Gasteiger partial charge on any atom is -0.352 e. The standard InChI is InChI=1S/C12H20N2O/c1-4-6-9-7-10(9)14-11(15)12(3,5-2)8-13/h9-10H,4-7H2,1-3H3,(H,14,15). The molecule has 0 aliphatic heterocycles. The fraction of sp³-hybridized carbons (Fsp3) is 0.833. The number of carbonyl (C=O) groups excluding carboxylic acids is 1. The molecule has 84 valence electrons. The predicted octanol–water partition coefficient (Wildman–Crippen LogP) is 2.23. The van der Waals surface area contributed by atoms with Crippen LogP contribution in [0.1, 0.15) is 46.5 Å². The van der Waals surface area contributed by atoms with Gasteiger partial charge in [0.15, 0.2) is 0 Å². The van der Waals surface area contributed by atoms with Crippen LogP contribution in [0.2, 0.25) is 0 Å². The van der Waals surface area contributed by atoms with Gasteiger partial charge in [-0.25, -0.2) is 0 Å². The van der Waals surface area contributed by atoms with Gasteiger partial charge in [0.2, 0.25) is 5.91 Å². The SMILES string of the molecule is CCCC1CC1NC(=O)C(C)(C#N)CC. The van der Waals surface area contributed by atoms with Crippen LogP contribution in [0.15, 0.2) is 0 Å². The van der Waals surface area contributed by atoms with Gasteiger partial charge < -0.3 is 5.32 Å². The van der Waals surface area contributed by atoms with E-state index >= 15 is 0 Å². The van der Waals surface area contributed by atoms with Gasteiger partial charge in [0.25, 0.3) is 0 Å². The summed E-state index contributed by atoms with van der Waals surface area (Å²) in [5, 5.41) is 11.9. The second kappa shape index (κ2) is 4.65. The second-order valence-corrected chi connectivity index (χ2v) is 4.66. The summed E-state index contributed by atoms with van der Waals surface area (Å²) in [5.41, 5.74) is -0.848. The zero-order valence-corrected chi connectivity index (χ0v) is 9.84. The normalized spacial score (nSPS) is 27.6. The van der Waals surface area contributed by atoms with E-state index in [0.717, 1.165) is 6.42 Å². The van der Waals surface area contributed by atoms with Crippen molar-refractivity contribution in [1.82, 2.24) is 5.32 Å². The Kier molecular flexibility index (Phi) is 3.73. The van der Waals surface area contributed by atoms with Crippen LogP contribution in [-0.2, 0) is 4.79 Å². The molecule has 0 bridgehead atoms. The molecule has 15 heavy (non-hydrogen) atoms. The van der Waals surface area contributed by atoms with Crippen molar-refractivity contribution >= 4 is 5.91 Å². The van der Waals surface area contributed by atoms with Crippen LogP contribution in [0.4, 0.5) is 0 Å². The Balaban J connectivity index is 2.41. The number of nitrogens with zero attached hydrogens (tertiary/aromatic N) is 1. The molecule has 1 N–H and O–H groups in total. The third-order valence-electron chi connectivity index (χ3n) is 3.35. The van der Waals surface area contributed by atoms with Crippen LogP contribution in [0.25, 0.3) is 0 Å². The van der Waals surface area contributed by atoms with E-state index in [4.69, 9.17) is 5.26 Å². The Morgan fingerprint density at radius 2 is 2.27 bits per heavy atom. The summed E-state index contributed by atoms with van der Waals surface area (Å²) in [6.07, 6.45) is 4.01. The molecular weight excluding hydrogens is 188 g/mol. The van der Waals surface area contributed by atoms with Crippen LogP contribution >= 0.6 is 0 Å². The van der Waals surface area contributed by atoms with Gasteiger partial charge in [-0.3, -0.25) is 4.79 Å². The van der Waals surface area contributed by atoms with E-state index in [1.165, 1.54) is 12.8 Å². The fourth-order valence-corrected chi connectivity index (χ4v) is 1.73. The molecule has 0 saturated heterocycles. The summed E-state index contributed by atoms with van der Waals surface area (Å²) >= 11 is 0. The molecule has 1 aliphatic rings. The summed E-state index contributed by atoms with van der Waals surface area (Å²) in [6, 6.07) is 2.43. The second-order valence-electron chi connectivity index (χ2n) is 4.66. The average molecular weight is 208 g/mol. The van der Waals surface area contributed by atoms with E-state index < -0.39 is 5.41 Å². The van der Waals surface area contributed by atoms with Gasteiger partial charge in [-0.15, -0.1) is 0 Å². The molecular formula is C12H20N2O. The Bertz CT molecular complexity index is 282. The molecule has 0 aromatic carbocycles. The molecule has 0 aromatic heterocycles. The molecule has 3 heteroatoms. The third-order valence-corrected chi connectivity index (χ3v) is 3.35. The lowest BCUT2D eigenvalue weighted by atomic mass is 9.88. The van der Waals surface area contributed by atoms with Crippen molar-refractivity contribution in [3.63, 3.8) is 0 Å². The maximum Gasteiger partial charge on any atom is 0.240 e. The highest BCUT2D eigenvalue weighted by molar-refractivity contribution is 5.85. The molecule has 1 amide bonds. The maximum absolute atomic E-state index is 11.8. The van der Waals surface area contributed by atoms with Crippen LogP contribution in [0, 0.1) is 22.7 Å². The number of rotatable bonds is 5. The molecule has 1 fully saturated rings. The van der Waals surface area contributed by atoms with Crippen molar-refractivity contribution < 1.29 is 4.79 Å². The number of nitrogens with one attached hydrogen (secondary N) is 1. The predicted molar refractivity (Wildman–Crippen MR) is 59.0 cm³/mol. The highest BCUT2D eigenvalue weighted by Crippen LogP contribution is 2.35. The maximum atomic E-state index is 11.8. The molecule has 0 spiro atoms. The van der Waals surface area contributed by atoms with Crippen LogP contribution in [-0.4, -0.2) is 11.9 Å². The summed E-state index contributed by atoms with van der Waals surface area (Å²) in [6.45, 7) is 5.74. The first-order valence-corrected chi connectivity index (χ1v) is 5.79. The average Bonchev–Trinajstić information content (AvgIpc) is 2.95. The summed E-state index contributed by atoms with van der Waals surface area (Å²) < 4.78 is 0. The van der Waals surface area contributed by atoms with Gasteiger partial charge in [-0.05, 0) is 32.1 Å². The first-order chi connectivity index (χ1) is 7.07. The first kappa shape index (κ1) is 12.0. The van der Waals surface area contributed by atoms with E-state index in [0.29, 0.717) is 18.4 Å². The van der Waals surface area contributed by atoms with Gasteiger partial charge in [0.1, 0.15) is 5.41 Å². The number of carbonyl (C=O) groups is 1. The lowest BCUT2D eigenvalue weighted by molar-refractivity contribution is -0.127. The van der Waals surface area contributed by atoms with Crippen LogP contribution < -0.4 is 5.32 Å². The van der Waals surface area contributed by atoms with E-state index in [2.05, 4.69) is 18.3 Å². The molecule has 0 radical (unpaired) electrons. The Labute approximate surface area is 91.9 Å². The minimum absolute atomic E-state index is 0.101. The van der Waals surface area contributed by atoms with Gasteiger partial charge in [0, 0.05) is 6.04 Å². The summed E-state index contributed by atoms with van der Waals surface area (Å²) in [5.74, 6) is 0.551. The van der Waals surface area contributed by atoms with E-state index in [9.17, 15) is 4.79 Å². The number of amides is 1. The number of hydrogen-bond acceptors (Lipinski definition) is 2. The van der Waals surface area contributed by atoms with E-state index in [1.54, 1.807) is 6.92 Å². The lowest BCUT2D eigenvalue weighted by Crippen LogP contribution is -2.39. The van der Waals surface area contributed by atoms with E-state index in [-0.39, 0.29) is 5.91 Å². The third kappa shape index (κ3) is 2.71. The molecule has 3 nitrogen and oxygen atoms in total. The Hall–Kier alpha value is -1.04. The summed E-state index contributed by atoms with van der Waals surface area (Å²) in [4.78, 5) is 11.8. The topological polar surface area (TPSA) is 52.9 Å². The molecule has 1 saturated carbocycles. The first-order valence-electron chi connectivity index (χ1n) is 5.79. The molecule has 3 unspecified atom stereocenters. The van der Waals surface area contributed by atoms with Crippen molar-refractivity contribution in [1.29, 1.82) is 5.26 Å². The summed E-state index contributed by atoms with van der Waals surface area (Å²) in [7, 11) is 0. The smallest absolute Gasteiger partial charge is 0.240 e. The highest BCUT2D eigenvalue weighted by atomic mass is 16.2. The number of hydrogen-bond donors (Lipinski definition) is 1. The number of nitriles is 1. The van der Waals surface area contributed by atoms with Crippen molar-refractivity contribution in [2.24, 2.45) is 11.3 Å². The van der Waals surface area contributed by atoms with Crippen molar-refractivity contribution in [2.45, 2.75) is 52.5 Å². The van der Waals surface area contributed by atoms with Crippen LogP contribution in [0.5, 0.6) is 0 Å². The van der Waals surface area contributed by atoms with Crippen molar-refractivity contribution in [3.05, 3.63) is 0 Å². The van der Waals surface area contributed by atoms with Gasteiger partial charge >= 0.3 is 0 Å². The Morgan fingerprint density at radius 1 is 1.60 bits per heavy atom. The lowest BCUT2D eigenvalue weighted by Gasteiger charge is -2.18. The highest BCUT2D eigenvalue weighted by Gasteiger charge is 2.41. The molecule has 0 aromatic rings. The fourth-order valence-electron chi connectivity index (χ4n) is 1.73. The Morgan fingerprint density at radius 3 is 2.73 bits per heavy atom. The van der Waals surface area contributed by atoms with Crippen molar-refractivity contribution in [3.8, 4) is 6.07 Å². The molecule has 0 heterocycles. The molecule has 1 rings (SSSR count). The molecule has 3 atom stereocenters. The van der Waals surface area contributed by atoms with Crippen molar-refractivity contribution in [2.75, 3.05) is 0 Å². The zero-order valence-electron chi connectivity index (χ0n) is 9.84. The quantitative estimate of drug-likeness (QED) is 0.753. The largest absolute Gasteiger partial charge is 0.352 e. The van der Waals surface area contributed by atoms with E-state index in [1.807, 2.05) is 6.92 Å². The minimum atomic E-state index is -0.848. The van der Waals surface area contributed by atoms with Gasteiger partial charge in [-0.1, -0.05) is 20.3 Å². The monoisotopic (exact) mass is 208 g/mol. The van der Waals surface area contributed by atoms with Gasteiger partial charge in [0.05, 0.1) is 6.07 Å². The molecule has 1 aliphatic carbocycles.